The molecule has 4 aromatic rings. The first-order valence-electron chi connectivity index (χ1n) is 10.1. The van der Waals surface area contributed by atoms with E-state index in [-0.39, 0.29) is 36.1 Å². The summed E-state index contributed by atoms with van der Waals surface area (Å²) in [5.41, 5.74) is -0.155. The molecule has 0 atom stereocenters. The van der Waals surface area contributed by atoms with Gasteiger partial charge in [-0.1, -0.05) is 0 Å². The molecule has 0 spiro atoms. The molecule has 3 aromatic heterocycles. The number of hydrogen-bond acceptors (Lipinski definition) is 3. The lowest BCUT2D eigenvalue weighted by molar-refractivity contribution is -0.138. The van der Waals surface area contributed by atoms with Crippen LogP contribution in [0.5, 0.6) is 0 Å². The second-order valence-corrected chi connectivity index (χ2v) is 7.91. The summed E-state index contributed by atoms with van der Waals surface area (Å²) in [6.07, 6.45) is -2.60. The zero-order chi connectivity index (χ0) is 24.4. The van der Waals surface area contributed by atoms with E-state index >= 15 is 0 Å². The highest BCUT2D eigenvalue weighted by Gasteiger charge is 2.39. The van der Waals surface area contributed by atoms with Crippen LogP contribution in [0.25, 0.3) is 22.3 Å². The molecule has 1 aromatic carbocycles. The minimum Gasteiger partial charge on any atom is -0.346 e. The molecule has 12 heteroatoms. The molecular formula is C22H15F6N5O. The van der Waals surface area contributed by atoms with Crippen molar-refractivity contribution < 1.29 is 31.1 Å². The molecule has 0 fully saturated rings. The Kier molecular flexibility index (Phi) is 4.92. The molecule has 6 nitrogen and oxygen atoms in total. The fourth-order valence-electron chi connectivity index (χ4n) is 4.36. The summed E-state index contributed by atoms with van der Waals surface area (Å²) in [5.74, 6) is -5.14. The molecular weight excluding hydrogens is 464 g/mol. The highest BCUT2D eigenvalue weighted by molar-refractivity contribution is 6.07. The number of rotatable bonds is 2. The standard InChI is InChI=1S/C22H15F6N5O/c1-32-19(10-6-14(23)18(25)15(24)7-10)11-3-5-33(9-16(11)31-32)21(34)17-12-2-4-29-20(12)30-8-13(17)22(26,27)28/h2,4,6-8H,3,5,9H2,1H3,(H,29,30). The van der Waals surface area contributed by atoms with Gasteiger partial charge in [-0.05, 0) is 24.6 Å². The van der Waals surface area contributed by atoms with Gasteiger partial charge in [-0.2, -0.15) is 18.3 Å². The van der Waals surface area contributed by atoms with Crippen LogP contribution in [0.3, 0.4) is 0 Å². The number of aryl methyl sites for hydroxylation is 1. The Morgan fingerprint density at radius 1 is 1.15 bits per heavy atom. The molecule has 4 heterocycles. The van der Waals surface area contributed by atoms with Crippen LogP contribution in [0.1, 0.15) is 27.2 Å². The summed E-state index contributed by atoms with van der Waals surface area (Å²) in [5, 5.41) is 4.35. The molecule has 1 aliphatic rings. The smallest absolute Gasteiger partial charge is 0.346 e. The van der Waals surface area contributed by atoms with Crippen LogP contribution >= 0.6 is 0 Å². The molecule has 1 aliphatic heterocycles. The van der Waals surface area contributed by atoms with E-state index < -0.39 is 40.7 Å². The molecule has 0 aliphatic carbocycles. The third kappa shape index (κ3) is 3.40. The van der Waals surface area contributed by atoms with E-state index in [2.05, 4.69) is 15.1 Å². The molecule has 0 saturated carbocycles. The number of fused-ring (bicyclic) bond motifs is 2. The third-order valence-electron chi connectivity index (χ3n) is 5.85. The minimum absolute atomic E-state index is 0.0439. The third-order valence-corrected chi connectivity index (χ3v) is 5.85. The van der Waals surface area contributed by atoms with Gasteiger partial charge in [-0.15, -0.1) is 0 Å². The number of aromatic amines is 1. The van der Waals surface area contributed by atoms with Crippen molar-refractivity contribution in [2.45, 2.75) is 19.1 Å². The first-order valence-corrected chi connectivity index (χ1v) is 10.1. The van der Waals surface area contributed by atoms with Gasteiger partial charge in [-0.3, -0.25) is 9.48 Å². The molecule has 0 radical (unpaired) electrons. The second kappa shape index (κ2) is 7.61. The highest BCUT2D eigenvalue weighted by Crippen LogP contribution is 2.37. The van der Waals surface area contributed by atoms with Crippen molar-refractivity contribution in [1.82, 2.24) is 24.6 Å². The summed E-state index contributed by atoms with van der Waals surface area (Å²) in [6, 6.07) is 3.06. The predicted octanol–water partition coefficient (Wildman–Crippen LogP) is 4.60. The maximum absolute atomic E-state index is 13.8. The van der Waals surface area contributed by atoms with Gasteiger partial charge in [0.2, 0.25) is 0 Å². The molecule has 5 rings (SSSR count). The maximum atomic E-state index is 13.8. The van der Waals surface area contributed by atoms with Crippen molar-refractivity contribution in [3.63, 3.8) is 0 Å². The molecule has 1 N–H and O–H groups in total. The number of halogens is 6. The number of carbonyl (C=O) groups excluding carboxylic acids is 1. The van der Waals surface area contributed by atoms with Gasteiger partial charge in [0, 0.05) is 42.5 Å². The number of aromatic nitrogens is 4. The van der Waals surface area contributed by atoms with Gasteiger partial charge in [0.25, 0.3) is 5.91 Å². The van der Waals surface area contributed by atoms with Crippen molar-refractivity contribution >= 4 is 16.9 Å². The number of amides is 1. The van der Waals surface area contributed by atoms with Crippen molar-refractivity contribution in [2.24, 2.45) is 7.05 Å². The van der Waals surface area contributed by atoms with E-state index in [1.807, 2.05) is 0 Å². The van der Waals surface area contributed by atoms with Gasteiger partial charge in [0.05, 0.1) is 29.1 Å². The average molecular weight is 479 g/mol. The van der Waals surface area contributed by atoms with Crippen LogP contribution in [0.4, 0.5) is 26.3 Å². The maximum Gasteiger partial charge on any atom is 0.418 e. The Bertz CT molecular complexity index is 1430. The Hall–Kier alpha value is -3.83. The SMILES string of the molecule is Cn1nc2c(c1-c1cc(F)c(F)c(F)c1)CCN(C(=O)c1c(C(F)(F)F)cnc3[nH]ccc13)C2. The number of hydrogen-bond donors (Lipinski definition) is 1. The van der Waals surface area contributed by atoms with Crippen molar-refractivity contribution in [3.8, 4) is 11.3 Å². The average Bonchev–Trinajstić information content (AvgIpc) is 3.38. The molecule has 0 bridgehead atoms. The van der Waals surface area contributed by atoms with Crippen molar-refractivity contribution in [1.29, 1.82) is 0 Å². The Morgan fingerprint density at radius 2 is 1.85 bits per heavy atom. The number of nitrogens with one attached hydrogen (secondary N) is 1. The first-order chi connectivity index (χ1) is 16.1. The molecule has 1 amide bonds. The van der Waals surface area contributed by atoms with Crippen molar-refractivity contribution in [2.75, 3.05) is 6.54 Å². The summed E-state index contributed by atoms with van der Waals surface area (Å²) >= 11 is 0. The zero-order valence-corrected chi connectivity index (χ0v) is 17.5. The summed E-state index contributed by atoms with van der Waals surface area (Å²) < 4.78 is 83.3. The Morgan fingerprint density at radius 3 is 2.53 bits per heavy atom. The van der Waals surface area contributed by atoms with Crippen LogP contribution in [0.15, 0.2) is 30.6 Å². The molecule has 0 unspecified atom stereocenters. The molecule has 34 heavy (non-hydrogen) atoms. The van der Waals surface area contributed by atoms with E-state index in [1.54, 1.807) is 0 Å². The number of alkyl halides is 3. The lowest BCUT2D eigenvalue weighted by atomic mass is 9.98. The van der Waals surface area contributed by atoms with Crippen LogP contribution in [-0.4, -0.2) is 37.1 Å². The van der Waals surface area contributed by atoms with Gasteiger partial charge >= 0.3 is 6.18 Å². The summed E-state index contributed by atoms with van der Waals surface area (Å²) in [4.78, 5) is 21.0. The number of nitrogens with zero attached hydrogens (tertiary/aromatic N) is 4. The van der Waals surface area contributed by atoms with Crippen LogP contribution in [-0.2, 0) is 26.2 Å². The second-order valence-electron chi connectivity index (χ2n) is 7.91. The predicted molar refractivity (Wildman–Crippen MR) is 108 cm³/mol. The number of H-pyrrole nitrogens is 1. The van der Waals surface area contributed by atoms with E-state index in [0.29, 0.717) is 23.1 Å². The molecule has 0 saturated heterocycles. The minimum atomic E-state index is -4.79. The summed E-state index contributed by atoms with van der Waals surface area (Å²) in [6.45, 7) is -0.0675. The van der Waals surface area contributed by atoms with Gasteiger partial charge in [0.15, 0.2) is 17.5 Å². The topological polar surface area (TPSA) is 66.8 Å². The number of benzene rings is 1. The monoisotopic (exact) mass is 479 g/mol. The van der Waals surface area contributed by atoms with Crippen LogP contribution < -0.4 is 0 Å². The zero-order valence-electron chi connectivity index (χ0n) is 17.5. The van der Waals surface area contributed by atoms with Gasteiger partial charge < -0.3 is 9.88 Å². The Balaban J connectivity index is 1.54. The van der Waals surface area contributed by atoms with Gasteiger partial charge in [0.1, 0.15) is 5.65 Å². The fraction of sp³-hybridized carbons (Fsp3) is 0.227. The van der Waals surface area contributed by atoms with E-state index in [0.717, 1.165) is 12.1 Å². The van der Waals surface area contributed by atoms with E-state index in [4.69, 9.17) is 0 Å². The lowest BCUT2D eigenvalue weighted by Gasteiger charge is -2.28. The van der Waals surface area contributed by atoms with Gasteiger partial charge in [-0.25, -0.2) is 18.2 Å². The lowest BCUT2D eigenvalue weighted by Crippen LogP contribution is -2.37. The first kappa shape index (κ1) is 22.0. The summed E-state index contributed by atoms with van der Waals surface area (Å²) in [7, 11) is 1.52. The molecule has 176 valence electrons. The largest absolute Gasteiger partial charge is 0.418 e. The van der Waals surface area contributed by atoms with Crippen LogP contribution in [0.2, 0.25) is 0 Å². The highest BCUT2D eigenvalue weighted by atomic mass is 19.4. The Labute approximate surface area is 187 Å². The normalized spacial score (nSPS) is 14.0. The van der Waals surface area contributed by atoms with E-state index in [9.17, 15) is 31.1 Å². The quantitative estimate of drug-likeness (QED) is 0.338. The number of carbonyl (C=O) groups is 1. The van der Waals surface area contributed by atoms with Crippen molar-refractivity contribution in [3.05, 3.63) is 70.4 Å². The fourth-order valence-corrected chi connectivity index (χ4v) is 4.36. The van der Waals surface area contributed by atoms with Crippen LogP contribution in [0, 0.1) is 17.5 Å². The number of pyridine rings is 1. The van der Waals surface area contributed by atoms with E-state index in [1.165, 1.54) is 28.9 Å².